The van der Waals surface area contributed by atoms with Crippen LogP contribution in [-0.2, 0) is 14.4 Å². The number of anilines is 1. The van der Waals surface area contributed by atoms with Crippen molar-refractivity contribution in [2.24, 2.45) is 0 Å². The zero-order chi connectivity index (χ0) is 20.4. The molecule has 8 heteroatoms. The predicted molar refractivity (Wildman–Crippen MR) is 102 cm³/mol. The van der Waals surface area contributed by atoms with Crippen LogP contribution in [0.2, 0.25) is 0 Å². The van der Waals surface area contributed by atoms with E-state index in [2.05, 4.69) is 19.2 Å². The van der Waals surface area contributed by atoms with E-state index in [1.54, 1.807) is 12.1 Å². The van der Waals surface area contributed by atoms with Crippen LogP contribution in [0.1, 0.15) is 51.0 Å². The molecule has 2 aliphatic heterocycles. The number of nitrogens with zero attached hydrogens (tertiary/aromatic N) is 2. The predicted octanol–water partition coefficient (Wildman–Crippen LogP) is 2.09. The molecule has 0 saturated carbocycles. The highest BCUT2D eigenvalue weighted by molar-refractivity contribution is 6.19. The summed E-state index contributed by atoms with van der Waals surface area (Å²) in [4.78, 5) is 51.4. The average molecular weight is 387 g/mol. The first kappa shape index (κ1) is 19.9. The fraction of sp³-hybridized carbons (Fsp3) is 0.500. The van der Waals surface area contributed by atoms with Gasteiger partial charge >= 0.3 is 12.0 Å². The molecule has 2 fully saturated rings. The van der Waals surface area contributed by atoms with Crippen LogP contribution >= 0.6 is 0 Å². The molecule has 2 aliphatic rings. The van der Waals surface area contributed by atoms with Gasteiger partial charge in [-0.3, -0.25) is 14.4 Å². The van der Waals surface area contributed by atoms with Gasteiger partial charge in [0.15, 0.2) is 0 Å². The molecule has 150 valence electrons. The topological polar surface area (TPSA) is 107 Å². The molecule has 4 amide bonds. The minimum absolute atomic E-state index is 0.0693. The second kappa shape index (κ2) is 8.00. The number of urea groups is 1. The Morgan fingerprint density at radius 2 is 1.86 bits per heavy atom. The van der Waals surface area contributed by atoms with E-state index in [9.17, 15) is 19.2 Å². The van der Waals surface area contributed by atoms with E-state index in [1.807, 2.05) is 12.1 Å². The van der Waals surface area contributed by atoms with Gasteiger partial charge in [0.05, 0.1) is 11.7 Å². The number of carbonyl (C=O) groups is 4. The van der Waals surface area contributed by atoms with Crippen molar-refractivity contribution in [3.8, 4) is 0 Å². The van der Waals surface area contributed by atoms with Gasteiger partial charge in [0.25, 0.3) is 5.91 Å². The number of rotatable bonds is 6. The summed E-state index contributed by atoms with van der Waals surface area (Å²) in [6.45, 7) is 4.49. The summed E-state index contributed by atoms with van der Waals surface area (Å²) < 4.78 is 0. The number of likely N-dealkylation sites (tertiary alicyclic amines) is 1. The fourth-order valence-electron chi connectivity index (χ4n) is 3.77. The Bertz CT molecular complexity index is 790. The van der Waals surface area contributed by atoms with Gasteiger partial charge in [0.2, 0.25) is 5.91 Å². The number of hydrogen-bond acceptors (Lipinski definition) is 4. The first-order valence-electron chi connectivity index (χ1n) is 9.55. The van der Waals surface area contributed by atoms with E-state index in [1.165, 1.54) is 4.90 Å². The number of nitrogens with one attached hydrogen (secondary N) is 1. The maximum atomic E-state index is 13.1. The van der Waals surface area contributed by atoms with Gasteiger partial charge in [-0.25, -0.2) is 9.69 Å². The number of carboxylic acid groups (broad SMARTS) is 1. The molecule has 0 radical (unpaired) electrons. The maximum absolute atomic E-state index is 13.1. The Balaban J connectivity index is 1.77. The molecular weight excluding hydrogens is 362 g/mol. The molecule has 2 saturated heterocycles. The number of amides is 4. The van der Waals surface area contributed by atoms with Crippen molar-refractivity contribution in [1.82, 2.24) is 10.2 Å². The normalized spacial score (nSPS) is 21.7. The van der Waals surface area contributed by atoms with Crippen LogP contribution in [0.5, 0.6) is 0 Å². The van der Waals surface area contributed by atoms with Gasteiger partial charge in [-0.15, -0.1) is 0 Å². The molecule has 1 aromatic carbocycles. The van der Waals surface area contributed by atoms with Gasteiger partial charge in [0.1, 0.15) is 6.04 Å². The highest BCUT2D eigenvalue weighted by Crippen LogP contribution is 2.29. The van der Waals surface area contributed by atoms with Crippen molar-refractivity contribution >= 4 is 29.5 Å². The lowest BCUT2D eigenvalue weighted by atomic mass is 10.0. The molecule has 1 aromatic rings. The van der Waals surface area contributed by atoms with Crippen LogP contribution in [0.3, 0.4) is 0 Å². The molecule has 8 nitrogen and oxygen atoms in total. The molecule has 0 bridgehead atoms. The zero-order valence-corrected chi connectivity index (χ0v) is 16.1. The summed E-state index contributed by atoms with van der Waals surface area (Å²) in [5.41, 5.74) is 1.57. The SMILES string of the molecule is CC(C)c1ccc(N2C(=O)N[C@@H]3CCN(C(=O)CCCC(=O)O)[C@H]3C2=O)cc1. The first-order valence-corrected chi connectivity index (χ1v) is 9.55. The quantitative estimate of drug-likeness (QED) is 0.777. The van der Waals surface area contributed by atoms with Gasteiger partial charge in [-0.2, -0.15) is 0 Å². The fourth-order valence-corrected chi connectivity index (χ4v) is 3.77. The van der Waals surface area contributed by atoms with E-state index in [0.717, 1.165) is 10.5 Å². The Kier molecular flexibility index (Phi) is 5.67. The number of imide groups is 1. The minimum atomic E-state index is -0.955. The Hall–Kier alpha value is -2.90. The van der Waals surface area contributed by atoms with Crippen molar-refractivity contribution in [1.29, 1.82) is 0 Å². The Morgan fingerprint density at radius 1 is 1.18 bits per heavy atom. The van der Waals surface area contributed by atoms with Crippen molar-refractivity contribution in [3.05, 3.63) is 29.8 Å². The molecule has 0 unspecified atom stereocenters. The Labute approximate surface area is 163 Å². The molecular formula is C20H25N3O5. The molecule has 2 atom stereocenters. The highest BCUT2D eigenvalue weighted by atomic mass is 16.4. The number of carboxylic acids is 1. The van der Waals surface area contributed by atoms with E-state index in [0.29, 0.717) is 24.6 Å². The van der Waals surface area contributed by atoms with Crippen molar-refractivity contribution < 1.29 is 24.3 Å². The van der Waals surface area contributed by atoms with Gasteiger partial charge in [-0.1, -0.05) is 26.0 Å². The summed E-state index contributed by atoms with van der Waals surface area (Å²) in [6.07, 6.45) is 0.711. The molecule has 0 aliphatic carbocycles. The second-order valence-corrected chi connectivity index (χ2v) is 7.54. The lowest BCUT2D eigenvalue weighted by molar-refractivity contribution is -0.139. The summed E-state index contributed by atoms with van der Waals surface area (Å²) in [6, 6.07) is 5.60. The lowest BCUT2D eigenvalue weighted by Gasteiger charge is -2.37. The average Bonchev–Trinajstić information content (AvgIpc) is 3.05. The highest BCUT2D eigenvalue weighted by Gasteiger charge is 2.49. The number of benzene rings is 1. The number of hydrogen-bond donors (Lipinski definition) is 2. The smallest absolute Gasteiger partial charge is 0.329 e. The van der Waals surface area contributed by atoms with Crippen LogP contribution in [0.4, 0.5) is 10.5 Å². The van der Waals surface area contributed by atoms with Crippen LogP contribution < -0.4 is 10.2 Å². The van der Waals surface area contributed by atoms with Gasteiger partial charge < -0.3 is 15.3 Å². The zero-order valence-electron chi connectivity index (χ0n) is 16.1. The van der Waals surface area contributed by atoms with E-state index < -0.39 is 30.0 Å². The van der Waals surface area contributed by atoms with E-state index in [-0.39, 0.29) is 25.2 Å². The second-order valence-electron chi connectivity index (χ2n) is 7.54. The number of aliphatic carboxylic acids is 1. The molecule has 28 heavy (non-hydrogen) atoms. The van der Waals surface area contributed by atoms with Crippen LogP contribution in [0, 0.1) is 0 Å². The van der Waals surface area contributed by atoms with E-state index in [4.69, 9.17) is 5.11 Å². The third-order valence-electron chi connectivity index (χ3n) is 5.30. The van der Waals surface area contributed by atoms with Crippen LogP contribution in [-0.4, -0.2) is 52.4 Å². The van der Waals surface area contributed by atoms with Crippen LogP contribution in [0.15, 0.2) is 24.3 Å². The largest absolute Gasteiger partial charge is 0.481 e. The Morgan fingerprint density at radius 3 is 2.46 bits per heavy atom. The summed E-state index contributed by atoms with van der Waals surface area (Å²) in [5.74, 6) is -1.30. The van der Waals surface area contributed by atoms with Gasteiger partial charge in [0, 0.05) is 19.4 Å². The van der Waals surface area contributed by atoms with Crippen LogP contribution in [0.25, 0.3) is 0 Å². The molecule has 3 rings (SSSR count). The lowest BCUT2D eigenvalue weighted by Crippen LogP contribution is -2.65. The molecule has 0 spiro atoms. The van der Waals surface area contributed by atoms with Crippen molar-refractivity contribution in [2.75, 3.05) is 11.4 Å². The summed E-state index contributed by atoms with van der Waals surface area (Å²) >= 11 is 0. The number of fused-ring (bicyclic) bond motifs is 1. The van der Waals surface area contributed by atoms with E-state index >= 15 is 0 Å². The van der Waals surface area contributed by atoms with Crippen molar-refractivity contribution in [3.63, 3.8) is 0 Å². The third-order valence-corrected chi connectivity index (χ3v) is 5.30. The summed E-state index contributed by atoms with van der Waals surface area (Å²) in [7, 11) is 0. The maximum Gasteiger partial charge on any atom is 0.329 e. The molecule has 0 aromatic heterocycles. The van der Waals surface area contributed by atoms with Gasteiger partial charge in [-0.05, 0) is 36.5 Å². The number of carbonyl (C=O) groups excluding carboxylic acids is 3. The van der Waals surface area contributed by atoms with Crippen molar-refractivity contribution in [2.45, 2.75) is 57.5 Å². The first-order chi connectivity index (χ1) is 13.3. The molecule has 2 N–H and O–H groups in total. The monoisotopic (exact) mass is 387 g/mol. The standard InChI is InChI=1S/C20H25N3O5/c1-12(2)13-6-8-14(9-7-13)23-19(27)18-15(21-20(23)28)10-11-22(18)16(24)4-3-5-17(25)26/h6-9,12,15,18H,3-5,10-11H2,1-2H3,(H,21,28)(H,25,26)/t15-,18-/m1/s1. The summed E-state index contributed by atoms with van der Waals surface area (Å²) in [5, 5.41) is 11.6. The minimum Gasteiger partial charge on any atom is -0.481 e. The molecule has 2 heterocycles. The third kappa shape index (κ3) is 3.85.